The Hall–Kier alpha value is -2.55. The van der Waals surface area contributed by atoms with E-state index in [9.17, 15) is 9.59 Å². The van der Waals surface area contributed by atoms with Gasteiger partial charge in [0.15, 0.2) is 13.2 Å². The first-order valence-electron chi connectivity index (χ1n) is 7.25. The van der Waals surface area contributed by atoms with Crippen molar-refractivity contribution >= 4 is 11.9 Å². The number of rotatable bonds is 5. The number of carbonyl (C=O) groups excluding carboxylic acids is 2. The lowest BCUT2D eigenvalue weighted by Gasteiger charge is -2.26. The second kappa shape index (κ2) is 8.03. The van der Waals surface area contributed by atoms with Crippen molar-refractivity contribution in [2.75, 3.05) is 26.3 Å². The van der Waals surface area contributed by atoms with Crippen LogP contribution in [0.15, 0.2) is 24.3 Å². The van der Waals surface area contributed by atoms with Gasteiger partial charge in [-0.25, -0.2) is 4.79 Å². The summed E-state index contributed by atoms with van der Waals surface area (Å²) in [5, 5.41) is 8.68. The fourth-order valence-electron chi connectivity index (χ4n) is 2.19. The van der Waals surface area contributed by atoms with Gasteiger partial charge in [0.1, 0.15) is 5.75 Å². The van der Waals surface area contributed by atoms with E-state index in [1.54, 1.807) is 29.2 Å². The van der Waals surface area contributed by atoms with Crippen LogP contribution in [0.2, 0.25) is 0 Å². The van der Waals surface area contributed by atoms with Crippen LogP contribution >= 0.6 is 0 Å². The molecule has 0 saturated carbocycles. The molecule has 6 heteroatoms. The Morgan fingerprint density at radius 2 is 1.77 bits per heavy atom. The van der Waals surface area contributed by atoms with Gasteiger partial charge in [-0.05, 0) is 43.5 Å². The zero-order valence-corrected chi connectivity index (χ0v) is 12.3. The molecule has 1 fully saturated rings. The lowest BCUT2D eigenvalue weighted by molar-refractivity contribution is -0.154. The highest BCUT2D eigenvalue weighted by Crippen LogP contribution is 2.11. The molecule has 0 unspecified atom stereocenters. The van der Waals surface area contributed by atoms with E-state index in [1.165, 1.54) is 0 Å². The highest BCUT2D eigenvalue weighted by Gasteiger charge is 2.18. The topological polar surface area (TPSA) is 79.6 Å². The average Bonchev–Trinajstić information content (AvgIpc) is 2.59. The van der Waals surface area contributed by atoms with Crippen molar-refractivity contribution in [3.05, 3.63) is 29.8 Å². The summed E-state index contributed by atoms with van der Waals surface area (Å²) in [7, 11) is 0. The number of nitriles is 1. The number of hydrogen-bond acceptors (Lipinski definition) is 5. The molecule has 0 aromatic heterocycles. The largest absolute Gasteiger partial charge is 0.482 e. The molecule has 0 bridgehead atoms. The third-order valence-electron chi connectivity index (χ3n) is 3.41. The minimum atomic E-state index is -0.588. The minimum Gasteiger partial charge on any atom is -0.482 e. The summed E-state index contributed by atoms with van der Waals surface area (Å²) < 4.78 is 10.2. The molecule has 1 aliphatic rings. The second-order valence-electron chi connectivity index (χ2n) is 5.03. The summed E-state index contributed by atoms with van der Waals surface area (Å²) in [6.07, 6.45) is 3.14. The van der Waals surface area contributed by atoms with Crippen LogP contribution in [0.3, 0.4) is 0 Å². The van der Waals surface area contributed by atoms with Gasteiger partial charge >= 0.3 is 5.97 Å². The van der Waals surface area contributed by atoms with E-state index in [0.717, 1.165) is 32.4 Å². The van der Waals surface area contributed by atoms with Crippen LogP contribution in [-0.4, -0.2) is 43.1 Å². The second-order valence-corrected chi connectivity index (χ2v) is 5.03. The Kier molecular flexibility index (Phi) is 5.78. The van der Waals surface area contributed by atoms with Crippen LogP contribution < -0.4 is 4.74 Å². The molecule has 116 valence electrons. The van der Waals surface area contributed by atoms with Crippen molar-refractivity contribution in [3.8, 4) is 11.8 Å². The summed E-state index contributed by atoms with van der Waals surface area (Å²) in [6, 6.07) is 8.39. The number of nitrogens with zero attached hydrogens (tertiary/aromatic N) is 2. The molecule has 0 N–H and O–H groups in total. The first kappa shape index (κ1) is 15.8. The van der Waals surface area contributed by atoms with Crippen LogP contribution in [0.25, 0.3) is 0 Å². The summed E-state index contributed by atoms with van der Waals surface area (Å²) in [5.74, 6) is -0.278. The fraction of sp³-hybridized carbons (Fsp3) is 0.438. The van der Waals surface area contributed by atoms with Crippen LogP contribution in [0.4, 0.5) is 0 Å². The van der Waals surface area contributed by atoms with Gasteiger partial charge < -0.3 is 14.4 Å². The van der Waals surface area contributed by atoms with Crippen molar-refractivity contribution in [2.45, 2.75) is 19.3 Å². The van der Waals surface area contributed by atoms with E-state index in [0.29, 0.717) is 11.3 Å². The zero-order chi connectivity index (χ0) is 15.8. The predicted molar refractivity (Wildman–Crippen MR) is 78.0 cm³/mol. The molecule has 6 nitrogen and oxygen atoms in total. The standard InChI is InChI=1S/C16H18N2O4/c17-10-13-4-6-14(7-5-13)21-12-16(20)22-11-15(19)18-8-2-1-3-9-18/h4-7H,1-3,8-9,11-12H2. The maximum atomic E-state index is 11.8. The number of carbonyl (C=O) groups is 2. The molecule has 0 atom stereocenters. The molecular weight excluding hydrogens is 284 g/mol. The molecule has 1 aliphatic heterocycles. The molecule has 1 aromatic carbocycles. The number of amides is 1. The first-order chi connectivity index (χ1) is 10.7. The number of piperidine rings is 1. The van der Waals surface area contributed by atoms with Gasteiger partial charge in [-0.3, -0.25) is 4.79 Å². The van der Waals surface area contributed by atoms with E-state index in [2.05, 4.69) is 0 Å². The Labute approximate surface area is 129 Å². The lowest BCUT2D eigenvalue weighted by Crippen LogP contribution is -2.38. The van der Waals surface area contributed by atoms with E-state index in [4.69, 9.17) is 14.7 Å². The maximum absolute atomic E-state index is 11.8. The van der Waals surface area contributed by atoms with Crippen molar-refractivity contribution in [3.63, 3.8) is 0 Å². The Bertz CT molecular complexity index is 557. The molecule has 2 rings (SSSR count). The number of esters is 1. The number of likely N-dealkylation sites (tertiary alicyclic amines) is 1. The summed E-state index contributed by atoms with van der Waals surface area (Å²) in [4.78, 5) is 25.1. The zero-order valence-electron chi connectivity index (χ0n) is 12.3. The van der Waals surface area contributed by atoms with Gasteiger partial charge in [-0.15, -0.1) is 0 Å². The van der Waals surface area contributed by atoms with Gasteiger partial charge in [0.2, 0.25) is 0 Å². The Morgan fingerprint density at radius 3 is 2.41 bits per heavy atom. The van der Waals surface area contributed by atoms with E-state index in [1.807, 2.05) is 6.07 Å². The fourth-order valence-corrected chi connectivity index (χ4v) is 2.19. The SMILES string of the molecule is N#Cc1ccc(OCC(=O)OCC(=O)N2CCCCC2)cc1. The smallest absolute Gasteiger partial charge is 0.344 e. The van der Waals surface area contributed by atoms with Crippen molar-refractivity contribution < 1.29 is 19.1 Å². The molecule has 0 aliphatic carbocycles. The van der Waals surface area contributed by atoms with Crippen LogP contribution in [0, 0.1) is 11.3 Å². The molecular formula is C16H18N2O4. The number of ether oxygens (including phenoxy) is 2. The molecule has 1 saturated heterocycles. The first-order valence-corrected chi connectivity index (χ1v) is 7.25. The van der Waals surface area contributed by atoms with Crippen molar-refractivity contribution in [2.24, 2.45) is 0 Å². The van der Waals surface area contributed by atoms with Crippen LogP contribution in [0.1, 0.15) is 24.8 Å². The third-order valence-corrected chi connectivity index (χ3v) is 3.41. The van der Waals surface area contributed by atoms with Crippen LogP contribution in [-0.2, 0) is 14.3 Å². The monoisotopic (exact) mass is 302 g/mol. The average molecular weight is 302 g/mol. The van der Waals surface area contributed by atoms with Gasteiger partial charge in [0, 0.05) is 13.1 Å². The van der Waals surface area contributed by atoms with Gasteiger partial charge in [0.25, 0.3) is 5.91 Å². The van der Waals surface area contributed by atoms with E-state index >= 15 is 0 Å². The molecule has 22 heavy (non-hydrogen) atoms. The Morgan fingerprint density at radius 1 is 1.09 bits per heavy atom. The van der Waals surface area contributed by atoms with Crippen molar-refractivity contribution in [1.29, 1.82) is 5.26 Å². The molecule has 1 heterocycles. The van der Waals surface area contributed by atoms with Gasteiger partial charge in [-0.2, -0.15) is 5.26 Å². The summed E-state index contributed by atoms with van der Waals surface area (Å²) in [5.41, 5.74) is 0.516. The van der Waals surface area contributed by atoms with Crippen molar-refractivity contribution in [1.82, 2.24) is 4.90 Å². The molecule has 0 spiro atoms. The number of benzene rings is 1. The maximum Gasteiger partial charge on any atom is 0.344 e. The van der Waals surface area contributed by atoms with Gasteiger partial charge in [-0.1, -0.05) is 0 Å². The highest BCUT2D eigenvalue weighted by molar-refractivity contribution is 5.81. The van der Waals surface area contributed by atoms with Gasteiger partial charge in [0.05, 0.1) is 11.6 Å². The summed E-state index contributed by atoms with van der Waals surface area (Å²) in [6.45, 7) is 0.963. The molecule has 1 aromatic rings. The van der Waals surface area contributed by atoms with Crippen LogP contribution in [0.5, 0.6) is 5.75 Å². The lowest BCUT2D eigenvalue weighted by atomic mass is 10.1. The molecule has 1 amide bonds. The number of hydrogen-bond donors (Lipinski definition) is 0. The normalized spacial score (nSPS) is 14.0. The quantitative estimate of drug-likeness (QED) is 0.770. The van der Waals surface area contributed by atoms with E-state index < -0.39 is 5.97 Å². The Balaban J connectivity index is 1.68. The van der Waals surface area contributed by atoms with E-state index in [-0.39, 0.29) is 19.1 Å². The molecule has 0 radical (unpaired) electrons. The third kappa shape index (κ3) is 4.77. The predicted octanol–water partition coefficient (Wildman–Crippen LogP) is 1.49. The minimum absolute atomic E-state index is 0.161. The highest BCUT2D eigenvalue weighted by atomic mass is 16.6. The summed E-state index contributed by atoms with van der Waals surface area (Å²) >= 11 is 0.